The molecule has 1 aliphatic rings. The number of carbonyl (C=O) groups excluding carboxylic acids is 3. The molecule has 7 nitrogen and oxygen atoms in total. The van der Waals surface area contributed by atoms with Crippen LogP contribution in [0.25, 0.3) is 0 Å². The van der Waals surface area contributed by atoms with E-state index in [0.717, 1.165) is 11.1 Å². The lowest BCUT2D eigenvalue weighted by molar-refractivity contribution is -0.136. The molecule has 1 saturated heterocycles. The number of amides is 3. The number of likely N-dealkylation sites (N-methyl/N-ethyl adjacent to an activating group) is 1. The molecule has 3 amide bonds. The van der Waals surface area contributed by atoms with Crippen molar-refractivity contribution in [2.24, 2.45) is 0 Å². The number of halogens is 1. The number of rotatable bonds is 8. The molecule has 0 aromatic heterocycles. The number of nitrogens with zero attached hydrogens (tertiary/aromatic N) is 2. The predicted octanol–water partition coefficient (Wildman–Crippen LogP) is 5.80. The van der Waals surface area contributed by atoms with Gasteiger partial charge in [0, 0.05) is 19.3 Å². The molecule has 202 valence electrons. The van der Waals surface area contributed by atoms with E-state index in [9.17, 15) is 18.8 Å². The van der Waals surface area contributed by atoms with Crippen molar-refractivity contribution in [3.8, 4) is 0 Å². The Morgan fingerprint density at radius 2 is 1.52 bits per heavy atom. The first kappa shape index (κ1) is 26.6. The van der Waals surface area contributed by atoms with Gasteiger partial charge in [0.15, 0.2) is 12.1 Å². The molecule has 2 atom stereocenters. The van der Waals surface area contributed by atoms with Crippen LogP contribution in [0.3, 0.4) is 0 Å². The van der Waals surface area contributed by atoms with Gasteiger partial charge in [-0.25, -0.2) is 9.18 Å². The lowest BCUT2D eigenvalue weighted by Crippen LogP contribution is -2.46. The Labute approximate surface area is 231 Å². The maximum absolute atomic E-state index is 14.1. The number of ether oxygens (including phenoxy) is 1. The normalized spacial score (nSPS) is 16.4. The lowest BCUT2D eigenvalue weighted by Gasteiger charge is -2.28. The summed E-state index contributed by atoms with van der Waals surface area (Å²) in [5.74, 6) is -1.53. The highest BCUT2D eigenvalue weighted by atomic mass is 19.1. The molecule has 0 radical (unpaired) electrons. The summed E-state index contributed by atoms with van der Waals surface area (Å²) in [7, 11) is 1.70. The van der Waals surface area contributed by atoms with Crippen LogP contribution in [-0.4, -0.2) is 40.8 Å². The van der Waals surface area contributed by atoms with Crippen LogP contribution in [0.5, 0.6) is 0 Å². The third-order valence-corrected chi connectivity index (χ3v) is 6.76. The van der Waals surface area contributed by atoms with Crippen LogP contribution in [0, 0.1) is 5.82 Å². The molecule has 1 N–H and O–H groups in total. The van der Waals surface area contributed by atoms with E-state index in [0.29, 0.717) is 17.8 Å². The number of hydrogen-bond acceptors (Lipinski definition) is 4. The molecule has 0 saturated carbocycles. The Hall–Kier alpha value is -4.98. The van der Waals surface area contributed by atoms with Gasteiger partial charge in [-0.05, 0) is 41.0 Å². The summed E-state index contributed by atoms with van der Waals surface area (Å²) >= 11 is 0. The highest BCUT2D eigenvalue weighted by molar-refractivity contribution is 6.04. The Morgan fingerprint density at radius 1 is 0.875 bits per heavy atom. The molecule has 0 aliphatic carbocycles. The van der Waals surface area contributed by atoms with Gasteiger partial charge in [-0.2, -0.15) is 0 Å². The molecule has 8 heteroatoms. The van der Waals surface area contributed by atoms with Crippen molar-refractivity contribution in [3.05, 3.63) is 137 Å². The Kier molecular flexibility index (Phi) is 7.87. The predicted molar refractivity (Wildman–Crippen MR) is 149 cm³/mol. The highest BCUT2D eigenvalue weighted by Gasteiger charge is 2.48. The summed E-state index contributed by atoms with van der Waals surface area (Å²) in [4.78, 5) is 42.8. The number of hydrogen-bond donors (Lipinski definition) is 1. The third-order valence-electron chi connectivity index (χ3n) is 6.76. The van der Waals surface area contributed by atoms with Crippen molar-refractivity contribution >= 4 is 23.6 Å². The Morgan fingerprint density at radius 3 is 2.23 bits per heavy atom. The molecule has 1 aliphatic heterocycles. The highest BCUT2D eigenvalue weighted by Crippen LogP contribution is 2.36. The molecule has 0 bridgehead atoms. The lowest BCUT2D eigenvalue weighted by atomic mass is 9.99. The topological polar surface area (TPSA) is 79.0 Å². The van der Waals surface area contributed by atoms with Crippen molar-refractivity contribution in [2.75, 3.05) is 12.4 Å². The van der Waals surface area contributed by atoms with Crippen LogP contribution >= 0.6 is 0 Å². The fourth-order valence-electron chi connectivity index (χ4n) is 4.77. The van der Waals surface area contributed by atoms with Crippen molar-refractivity contribution in [1.29, 1.82) is 0 Å². The van der Waals surface area contributed by atoms with E-state index in [2.05, 4.69) is 5.32 Å². The summed E-state index contributed by atoms with van der Waals surface area (Å²) in [6, 6.07) is 30.4. The largest absolute Gasteiger partial charge is 0.438 e. The minimum atomic E-state index is -0.945. The van der Waals surface area contributed by atoms with Crippen molar-refractivity contribution in [3.63, 3.8) is 0 Å². The number of cyclic esters (lactones) is 1. The summed E-state index contributed by atoms with van der Waals surface area (Å²) in [5.41, 5.74) is 2.63. The zero-order valence-electron chi connectivity index (χ0n) is 21.9. The first-order valence-electron chi connectivity index (χ1n) is 12.9. The molecule has 40 heavy (non-hydrogen) atoms. The van der Waals surface area contributed by atoms with Gasteiger partial charge in [-0.3, -0.25) is 14.5 Å². The van der Waals surface area contributed by atoms with Crippen LogP contribution in [0.1, 0.15) is 33.2 Å². The summed E-state index contributed by atoms with van der Waals surface area (Å²) < 4.78 is 19.9. The molecular formula is C32H28FN3O4. The van der Waals surface area contributed by atoms with Gasteiger partial charge < -0.3 is 15.0 Å². The summed E-state index contributed by atoms with van der Waals surface area (Å²) in [5, 5.41) is 2.70. The molecular weight excluding hydrogens is 509 g/mol. The first-order valence-corrected chi connectivity index (χ1v) is 12.9. The van der Waals surface area contributed by atoms with Gasteiger partial charge in [-0.1, -0.05) is 84.9 Å². The standard InChI is InChI=1S/C32H28FN3O4/c1-35(20-22-11-4-2-5-12-22)31(38)28-29(40-32(39)36(28)21-23-13-6-3-7-14-23)24-15-10-16-25(19-24)34-30(37)26-17-8-9-18-27(26)33/h2-19,28-29H,20-21H2,1H3,(H,34,37)/t28-,29+/m1/s1. The van der Waals surface area contributed by atoms with E-state index < -0.39 is 30.0 Å². The zero-order valence-corrected chi connectivity index (χ0v) is 21.9. The molecule has 0 unspecified atom stereocenters. The van der Waals surface area contributed by atoms with Crippen LogP contribution in [-0.2, 0) is 22.6 Å². The van der Waals surface area contributed by atoms with E-state index in [1.807, 2.05) is 60.7 Å². The molecule has 1 heterocycles. The van der Waals surface area contributed by atoms with Gasteiger partial charge in [0.1, 0.15) is 5.82 Å². The summed E-state index contributed by atoms with van der Waals surface area (Å²) in [6.45, 7) is 0.546. The van der Waals surface area contributed by atoms with E-state index in [1.165, 1.54) is 23.1 Å². The number of nitrogens with one attached hydrogen (secondary N) is 1. The number of benzene rings is 4. The quantitative estimate of drug-likeness (QED) is 0.308. The maximum Gasteiger partial charge on any atom is 0.411 e. The first-order chi connectivity index (χ1) is 19.4. The molecule has 4 aromatic rings. The minimum absolute atomic E-state index is 0.0928. The van der Waals surface area contributed by atoms with Gasteiger partial charge in [0.25, 0.3) is 5.91 Å². The molecule has 5 rings (SSSR count). The van der Waals surface area contributed by atoms with Crippen molar-refractivity contribution in [2.45, 2.75) is 25.2 Å². The number of anilines is 1. The van der Waals surface area contributed by atoms with E-state index in [4.69, 9.17) is 4.74 Å². The van der Waals surface area contributed by atoms with Gasteiger partial charge in [0.05, 0.1) is 12.1 Å². The Balaban J connectivity index is 1.44. The monoisotopic (exact) mass is 537 g/mol. The fourth-order valence-corrected chi connectivity index (χ4v) is 4.77. The maximum atomic E-state index is 14.1. The summed E-state index contributed by atoms with van der Waals surface area (Å²) in [6.07, 6.45) is -1.53. The minimum Gasteiger partial charge on any atom is -0.438 e. The van der Waals surface area contributed by atoms with Crippen molar-refractivity contribution in [1.82, 2.24) is 9.80 Å². The second kappa shape index (κ2) is 11.8. The van der Waals surface area contributed by atoms with Crippen LogP contribution < -0.4 is 5.32 Å². The average Bonchev–Trinajstić information content (AvgIpc) is 3.29. The van der Waals surface area contributed by atoms with E-state index in [-0.39, 0.29) is 18.0 Å². The van der Waals surface area contributed by atoms with E-state index >= 15 is 0 Å². The average molecular weight is 538 g/mol. The van der Waals surface area contributed by atoms with Gasteiger partial charge in [-0.15, -0.1) is 0 Å². The number of carbonyl (C=O) groups is 3. The van der Waals surface area contributed by atoms with Crippen LogP contribution in [0.15, 0.2) is 109 Å². The second-order valence-corrected chi connectivity index (χ2v) is 9.60. The van der Waals surface area contributed by atoms with Crippen LogP contribution in [0.2, 0.25) is 0 Å². The molecule has 0 spiro atoms. The van der Waals surface area contributed by atoms with E-state index in [1.54, 1.807) is 42.3 Å². The SMILES string of the molecule is CN(Cc1ccccc1)C(=O)[C@H]1[C@H](c2cccc(NC(=O)c3ccccc3F)c2)OC(=O)N1Cc1ccccc1. The smallest absolute Gasteiger partial charge is 0.411 e. The third kappa shape index (κ3) is 5.86. The van der Waals surface area contributed by atoms with Crippen molar-refractivity contribution < 1.29 is 23.5 Å². The molecule has 4 aromatic carbocycles. The molecule has 1 fully saturated rings. The fraction of sp³-hybridized carbons (Fsp3) is 0.156. The van der Waals surface area contributed by atoms with Crippen LogP contribution in [0.4, 0.5) is 14.9 Å². The Bertz CT molecular complexity index is 1510. The second-order valence-electron chi connectivity index (χ2n) is 9.60. The van der Waals surface area contributed by atoms with Gasteiger partial charge in [0.2, 0.25) is 5.91 Å². The van der Waals surface area contributed by atoms with Gasteiger partial charge >= 0.3 is 6.09 Å². The zero-order chi connectivity index (χ0) is 28.1.